The molecule has 1 aliphatic heterocycles. The Kier molecular flexibility index (Phi) is 6.22. The van der Waals surface area contributed by atoms with Crippen LogP contribution in [0.25, 0.3) is 0 Å². The third kappa shape index (κ3) is 4.53. The molecule has 0 spiro atoms. The molecule has 0 amide bonds. The van der Waals surface area contributed by atoms with Crippen LogP contribution in [0.4, 0.5) is 0 Å². The summed E-state index contributed by atoms with van der Waals surface area (Å²) in [6.07, 6.45) is 3.49. The highest BCUT2D eigenvalue weighted by Crippen LogP contribution is 2.15. The van der Waals surface area contributed by atoms with Crippen LogP contribution in [0.3, 0.4) is 0 Å². The van der Waals surface area contributed by atoms with E-state index in [-0.39, 0.29) is 0 Å². The quantitative estimate of drug-likeness (QED) is 0.894. The van der Waals surface area contributed by atoms with E-state index in [1.807, 2.05) is 0 Å². The van der Waals surface area contributed by atoms with Gasteiger partial charge in [0.1, 0.15) is 0 Å². The minimum atomic E-state index is 0.503. The summed E-state index contributed by atoms with van der Waals surface area (Å²) < 4.78 is 0. The van der Waals surface area contributed by atoms with Crippen LogP contribution in [0.15, 0.2) is 24.3 Å². The second-order valence-corrected chi connectivity index (χ2v) is 6.43. The van der Waals surface area contributed by atoms with Gasteiger partial charge in [-0.15, -0.1) is 0 Å². The van der Waals surface area contributed by atoms with E-state index in [4.69, 9.17) is 0 Å². The Bertz CT molecular complexity index is 415. The van der Waals surface area contributed by atoms with E-state index in [0.717, 1.165) is 19.4 Å². The number of hydrogen-bond acceptors (Lipinski definition) is 3. The van der Waals surface area contributed by atoms with Gasteiger partial charge in [0.25, 0.3) is 0 Å². The first kappa shape index (κ1) is 16.5. The number of benzene rings is 1. The Hall–Kier alpha value is -0.900. The third-order valence-electron chi connectivity index (χ3n) is 4.84. The van der Waals surface area contributed by atoms with Gasteiger partial charge in [0.2, 0.25) is 0 Å². The van der Waals surface area contributed by atoms with Crippen molar-refractivity contribution in [2.45, 2.75) is 38.3 Å². The van der Waals surface area contributed by atoms with Gasteiger partial charge in [-0.2, -0.15) is 0 Å². The number of hydrogen-bond donors (Lipinski definition) is 1. The molecule has 1 fully saturated rings. The highest BCUT2D eigenvalue weighted by Gasteiger charge is 2.27. The van der Waals surface area contributed by atoms with E-state index in [9.17, 15) is 0 Å². The lowest BCUT2D eigenvalue weighted by molar-refractivity contribution is 0.181. The zero-order valence-electron chi connectivity index (χ0n) is 14.1. The van der Waals surface area contributed by atoms with Gasteiger partial charge in [0.15, 0.2) is 0 Å². The van der Waals surface area contributed by atoms with Crippen LogP contribution in [0.5, 0.6) is 0 Å². The average Bonchev–Trinajstić information content (AvgIpc) is 2.67. The summed E-state index contributed by atoms with van der Waals surface area (Å²) in [5.74, 6) is 0. The standard InChI is InChI=1S/C18H31N3/c1-5-15-7-9-16(10-8-15)13-17(19-2)18-14-20(3)11-6-12-21(18)4/h7-10,17-19H,5-6,11-14H2,1-4H3. The number of likely N-dealkylation sites (N-methyl/N-ethyl adjacent to an activating group) is 3. The predicted molar refractivity (Wildman–Crippen MR) is 90.9 cm³/mol. The molecule has 0 aromatic heterocycles. The zero-order chi connectivity index (χ0) is 15.2. The van der Waals surface area contributed by atoms with Crippen LogP contribution < -0.4 is 5.32 Å². The van der Waals surface area contributed by atoms with Crippen molar-refractivity contribution >= 4 is 0 Å². The fraction of sp³-hybridized carbons (Fsp3) is 0.667. The van der Waals surface area contributed by atoms with E-state index in [1.165, 1.54) is 30.6 Å². The molecule has 1 aliphatic rings. The summed E-state index contributed by atoms with van der Waals surface area (Å²) in [5, 5.41) is 3.56. The highest BCUT2D eigenvalue weighted by atomic mass is 15.2. The maximum Gasteiger partial charge on any atom is 0.0376 e. The summed E-state index contributed by atoms with van der Waals surface area (Å²) in [6, 6.07) is 10.2. The minimum Gasteiger partial charge on any atom is -0.315 e. The number of aryl methyl sites for hydroxylation is 1. The van der Waals surface area contributed by atoms with Crippen molar-refractivity contribution in [3.63, 3.8) is 0 Å². The van der Waals surface area contributed by atoms with Crippen molar-refractivity contribution in [1.29, 1.82) is 0 Å². The van der Waals surface area contributed by atoms with Crippen molar-refractivity contribution in [1.82, 2.24) is 15.1 Å². The number of nitrogens with one attached hydrogen (secondary N) is 1. The Balaban J connectivity index is 2.06. The molecule has 3 heteroatoms. The monoisotopic (exact) mass is 289 g/mol. The first-order valence-corrected chi connectivity index (χ1v) is 8.28. The lowest BCUT2D eigenvalue weighted by atomic mass is 9.97. The van der Waals surface area contributed by atoms with Crippen LogP contribution >= 0.6 is 0 Å². The summed E-state index contributed by atoms with van der Waals surface area (Å²) >= 11 is 0. The lowest BCUT2D eigenvalue weighted by Gasteiger charge is -2.34. The van der Waals surface area contributed by atoms with Gasteiger partial charge in [-0.3, -0.25) is 0 Å². The third-order valence-corrected chi connectivity index (χ3v) is 4.84. The summed E-state index contributed by atoms with van der Waals surface area (Å²) in [4.78, 5) is 5.00. The van der Waals surface area contributed by atoms with Gasteiger partial charge in [0.05, 0.1) is 0 Å². The molecule has 2 rings (SSSR count). The van der Waals surface area contributed by atoms with Gasteiger partial charge in [0, 0.05) is 18.6 Å². The van der Waals surface area contributed by atoms with E-state index in [2.05, 4.69) is 67.4 Å². The minimum absolute atomic E-state index is 0.503. The van der Waals surface area contributed by atoms with E-state index < -0.39 is 0 Å². The van der Waals surface area contributed by atoms with Crippen LogP contribution in [0.1, 0.15) is 24.5 Å². The lowest BCUT2D eigenvalue weighted by Crippen LogP contribution is -2.52. The molecular weight excluding hydrogens is 258 g/mol. The Morgan fingerprint density at radius 2 is 1.81 bits per heavy atom. The van der Waals surface area contributed by atoms with Crippen molar-refractivity contribution in [2.24, 2.45) is 0 Å². The summed E-state index contributed by atoms with van der Waals surface area (Å²) in [6.45, 7) is 5.77. The Labute approximate surface area is 130 Å². The molecule has 1 aromatic carbocycles. The zero-order valence-corrected chi connectivity index (χ0v) is 14.1. The largest absolute Gasteiger partial charge is 0.315 e. The topological polar surface area (TPSA) is 18.5 Å². The van der Waals surface area contributed by atoms with Gasteiger partial charge >= 0.3 is 0 Å². The van der Waals surface area contributed by atoms with Crippen molar-refractivity contribution < 1.29 is 0 Å². The molecule has 1 aromatic rings. The van der Waals surface area contributed by atoms with Crippen LogP contribution in [0, 0.1) is 0 Å². The first-order valence-electron chi connectivity index (χ1n) is 8.28. The van der Waals surface area contributed by atoms with Gasteiger partial charge in [-0.25, -0.2) is 0 Å². The maximum atomic E-state index is 3.56. The van der Waals surface area contributed by atoms with E-state index in [1.54, 1.807) is 0 Å². The SMILES string of the molecule is CCc1ccc(CC(NC)C2CN(C)CCCN2C)cc1. The molecule has 2 atom stereocenters. The predicted octanol–water partition coefficient (Wildman–Crippen LogP) is 2.02. The van der Waals surface area contributed by atoms with Gasteiger partial charge in [-0.05, 0) is 64.6 Å². The number of nitrogens with zero attached hydrogens (tertiary/aromatic N) is 2. The molecule has 118 valence electrons. The Morgan fingerprint density at radius 3 is 2.43 bits per heavy atom. The van der Waals surface area contributed by atoms with Gasteiger partial charge < -0.3 is 15.1 Å². The van der Waals surface area contributed by atoms with E-state index >= 15 is 0 Å². The van der Waals surface area contributed by atoms with Crippen LogP contribution in [-0.2, 0) is 12.8 Å². The molecule has 1 saturated heterocycles. The second-order valence-electron chi connectivity index (χ2n) is 6.43. The molecule has 0 saturated carbocycles. The molecule has 0 aliphatic carbocycles. The fourth-order valence-electron chi connectivity index (χ4n) is 3.34. The highest BCUT2D eigenvalue weighted by molar-refractivity contribution is 5.23. The summed E-state index contributed by atoms with van der Waals surface area (Å²) in [7, 11) is 6.62. The van der Waals surface area contributed by atoms with Gasteiger partial charge in [-0.1, -0.05) is 31.2 Å². The molecule has 1 N–H and O–H groups in total. The van der Waals surface area contributed by atoms with Crippen LogP contribution in [-0.4, -0.2) is 62.7 Å². The van der Waals surface area contributed by atoms with Crippen molar-refractivity contribution in [3.8, 4) is 0 Å². The van der Waals surface area contributed by atoms with Crippen LogP contribution in [0.2, 0.25) is 0 Å². The first-order chi connectivity index (χ1) is 10.1. The smallest absolute Gasteiger partial charge is 0.0376 e. The van der Waals surface area contributed by atoms with Crippen molar-refractivity contribution in [2.75, 3.05) is 40.8 Å². The molecule has 0 radical (unpaired) electrons. The summed E-state index contributed by atoms with van der Waals surface area (Å²) in [5.41, 5.74) is 2.86. The normalized spacial score (nSPS) is 23.0. The maximum absolute atomic E-state index is 3.56. The number of rotatable bonds is 5. The second kappa shape index (κ2) is 7.92. The molecule has 1 heterocycles. The average molecular weight is 289 g/mol. The van der Waals surface area contributed by atoms with E-state index in [0.29, 0.717) is 12.1 Å². The fourth-order valence-corrected chi connectivity index (χ4v) is 3.34. The molecule has 3 nitrogen and oxygen atoms in total. The Morgan fingerprint density at radius 1 is 1.14 bits per heavy atom. The molecule has 0 bridgehead atoms. The molecule has 2 unspecified atom stereocenters. The van der Waals surface area contributed by atoms with Crippen molar-refractivity contribution in [3.05, 3.63) is 35.4 Å². The molecule has 21 heavy (non-hydrogen) atoms. The molecular formula is C18H31N3.